The molecule has 2 N–H and O–H groups in total. The van der Waals surface area contributed by atoms with Gasteiger partial charge in [-0.25, -0.2) is 9.98 Å². The normalized spacial score (nSPS) is 18.7. The summed E-state index contributed by atoms with van der Waals surface area (Å²) < 4.78 is 0. The minimum atomic E-state index is 0.893. The van der Waals surface area contributed by atoms with Gasteiger partial charge in [-0.05, 0) is 90.1 Å². The summed E-state index contributed by atoms with van der Waals surface area (Å²) in [4.78, 5) is 20.6. The Labute approximate surface area is 172 Å². The monoisotopic (exact) mass is 387 g/mol. The number of aromatic nitrogens is 2. The molecule has 6 heterocycles. The Morgan fingerprint density at radius 2 is 1.43 bits per heavy atom. The van der Waals surface area contributed by atoms with Crippen LogP contribution < -0.4 is 10.7 Å². The summed E-state index contributed by atoms with van der Waals surface area (Å²) >= 11 is 0. The number of allylic oxidation sites excluding steroid dienone is 7. The van der Waals surface area contributed by atoms with Gasteiger partial charge in [-0.2, -0.15) is 0 Å². The summed E-state index contributed by atoms with van der Waals surface area (Å²) in [7, 11) is 0. The first kappa shape index (κ1) is 16.7. The molecule has 0 fully saturated rings. The van der Waals surface area contributed by atoms with Gasteiger partial charge in [0, 0.05) is 28.8 Å². The third kappa shape index (κ3) is 3.33. The van der Waals surface area contributed by atoms with Crippen LogP contribution in [0.3, 0.4) is 0 Å². The van der Waals surface area contributed by atoms with Crippen molar-refractivity contribution < 1.29 is 0 Å². The molecule has 0 atom stereocenters. The molecular formula is C25H17N5. The van der Waals surface area contributed by atoms with Gasteiger partial charge in [-0.15, -0.1) is 0 Å². The first-order valence-corrected chi connectivity index (χ1v) is 9.77. The van der Waals surface area contributed by atoms with Crippen molar-refractivity contribution in [3.05, 3.63) is 105 Å². The fourth-order valence-electron chi connectivity index (χ4n) is 3.68. The van der Waals surface area contributed by atoms with Crippen molar-refractivity contribution in [2.24, 2.45) is 15.0 Å². The van der Waals surface area contributed by atoms with E-state index in [0.29, 0.717) is 0 Å². The fourth-order valence-corrected chi connectivity index (χ4v) is 3.68. The van der Waals surface area contributed by atoms with E-state index in [1.807, 2.05) is 54.9 Å². The molecule has 0 amide bonds. The van der Waals surface area contributed by atoms with Gasteiger partial charge in [0.25, 0.3) is 0 Å². The topological polar surface area (TPSA) is 68.7 Å². The van der Waals surface area contributed by atoms with Crippen LogP contribution in [-0.2, 0) is 0 Å². The molecule has 6 rings (SSSR count). The molecule has 30 heavy (non-hydrogen) atoms. The van der Waals surface area contributed by atoms with Crippen LogP contribution in [0.15, 0.2) is 98.5 Å². The van der Waals surface area contributed by atoms with Crippen LogP contribution in [0, 0.1) is 0 Å². The molecule has 0 spiro atoms. The zero-order valence-corrected chi connectivity index (χ0v) is 16.0. The van der Waals surface area contributed by atoms with E-state index in [4.69, 9.17) is 4.99 Å². The van der Waals surface area contributed by atoms with Crippen molar-refractivity contribution in [3.63, 3.8) is 0 Å². The largest absolute Gasteiger partial charge is 0.361 e. The maximum Gasteiger partial charge on any atom is 0.0659 e. The number of fused-ring (bicyclic) bond motifs is 7. The number of hydrogen-bond acceptors (Lipinski definition) is 3. The van der Waals surface area contributed by atoms with Gasteiger partial charge in [-0.3, -0.25) is 4.99 Å². The minimum absolute atomic E-state index is 0.893. The molecule has 0 aliphatic carbocycles. The van der Waals surface area contributed by atoms with Crippen LogP contribution in [0.5, 0.6) is 0 Å². The van der Waals surface area contributed by atoms with Gasteiger partial charge in [0.2, 0.25) is 0 Å². The number of nitrogens with zero attached hydrogens (tertiary/aromatic N) is 3. The Balaban J connectivity index is 1.49. The summed E-state index contributed by atoms with van der Waals surface area (Å²) in [6.07, 6.45) is 24.2. The Morgan fingerprint density at radius 3 is 2.30 bits per heavy atom. The van der Waals surface area contributed by atoms with E-state index in [1.165, 1.54) is 0 Å². The molecule has 0 aromatic carbocycles. The standard InChI is InChI=1S/C25H17N5/c1-3-20-11-21-4-2-19(29-21)8-17-10-25(27-15-17)13-23-6-5-22(30-23)12-24-9-16(14-26-24)7-18(1)28-20/h1-15,26,29H. The molecule has 2 aromatic rings. The number of rotatable bonds is 0. The van der Waals surface area contributed by atoms with E-state index in [-0.39, 0.29) is 0 Å². The molecule has 0 saturated heterocycles. The second-order valence-electron chi connectivity index (χ2n) is 7.40. The highest BCUT2D eigenvalue weighted by atomic mass is 14.8. The third-order valence-electron chi connectivity index (χ3n) is 5.04. The lowest BCUT2D eigenvalue weighted by molar-refractivity contribution is 1.27. The van der Waals surface area contributed by atoms with Crippen LogP contribution in [0.25, 0.3) is 24.3 Å². The smallest absolute Gasteiger partial charge is 0.0659 e. The zero-order chi connectivity index (χ0) is 19.9. The van der Waals surface area contributed by atoms with E-state index >= 15 is 0 Å². The summed E-state index contributed by atoms with van der Waals surface area (Å²) in [6.45, 7) is 0. The quantitative estimate of drug-likeness (QED) is 0.697. The van der Waals surface area contributed by atoms with Gasteiger partial charge < -0.3 is 9.97 Å². The van der Waals surface area contributed by atoms with Gasteiger partial charge in [0.05, 0.1) is 28.5 Å². The van der Waals surface area contributed by atoms with Crippen LogP contribution in [0.4, 0.5) is 0 Å². The molecule has 2 aromatic heterocycles. The summed E-state index contributed by atoms with van der Waals surface area (Å²) in [5.41, 5.74) is 7.66. The van der Waals surface area contributed by atoms with Crippen LogP contribution in [0.1, 0.15) is 11.3 Å². The number of hydrogen-bond donors (Lipinski definition) is 2. The van der Waals surface area contributed by atoms with Crippen LogP contribution >= 0.6 is 0 Å². The average molecular weight is 387 g/mol. The van der Waals surface area contributed by atoms with Crippen molar-refractivity contribution in [2.45, 2.75) is 0 Å². The number of aliphatic imine (C=N–C) groups is 3. The molecule has 0 saturated carbocycles. The van der Waals surface area contributed by atoms with E-state index < -0.39 is 0 Å². The molecule has 0 unspecified atom stereocenters. The van der Waals surface area contributed by atoms with E-state index in [1.54, 1.807) is 0 Å². The van der Waals surface area contributed by atoms with Crippen molar-refractivity contribution >= 4 is 41.9 Å². The molecule has 0 radical (unpaired) electrons. The SMILES string of the molecule is C1=CC2=NC1=Cc1cc(c[nH]1)C=C1C=CC(=N1)C=c1ccc([nH]1)=CC1=CC(=C2)N=C1. The molecule has 10 bridgehead atoms. The van der Waals surface area contributed by atoms with Gasteiger partial charge in [0.15, 0.2) is 0 Å². The predicted octanol–water partition coefficient (Wildman–Crippen LogP) is 3.22. The Bertz CT molecular complexity index is 1470. The maximum absolute atomic E-state index is 4.70. The second kappa shape index (κ2) is 6.67. The average Bonchev–Trinajstić information content (AvgIpc) is 3.52. The lowest BCUT2D eigenvalue weighted by Gasteiger charge is -1.91. The maximum atomic E-state index is 4.70. The Hall–Kier alpha value is -4.25. The van der Waals surface area contributed by atoms with Crippen molar-refractivity contribution in [2.75, 3.05) is 0 Å². The number of H-pyrrole nitrogens is 2. The second-order valence-corrected chi connectivity index (χ2v) is 7.40. The minimum Gasteiger partial charge on any atom is -0.361 e. The summed E-state index contributed by atoms with van der Waals surface area (Å²) in [5, 5.41) is 2.04. The summed E-state index contributed by atoms with van der Waals surface area (Å²) in [6, 6.07) is 6.20. The van der Waals surface area contributed by atoms with E-state index in [0.717, 1.165) is 56.0 Å². The third-order valence-corrected chi connectivity index (χ3v) is 5.04. The molecule has 4 aliphatic heterocycles. The van der Waals surface area contributed by atoms with Crippen molar-refractivity contribution in [1.82, 2.24) is 9.97 Å². The van der Waals surface area contributed by atoms with Crippen molar-refractivity contribution in [1.29, 1.82) is 0 Å². The van der Waals surface area contributed by atoms with Gasteiger partial charge in [0.1, 0.15) is 0 Å². The first-order valence-electron chi connectivity index (χ1n) is 9.77. The highest BCUT2D eigenvalue weighted by Gasteiger charge is 2.08. The summed E-state index contributed by atoms with van der Waals surface area (Å²) in [5.74, 6) is 0. The molecule has 4 aliphatic rings. The van der Waals surface area contributed by atoms with E-state index in [9.17, 15) is 0 Å². The van der Waals surface area contributed by atoms with E-state index in [2.05, 4.69) is 56.4 Å². The Kier molecular flexibility index (Phi) is 3.71. The van der Waals surface area contributed by atoms with Crippen molar-refractivity contribution in [3.8, 4) is 0 Å². The lowest BCUT2D eigenvalue weighted by atomic mass is 10.2. The highest BCUT2D eigenvalue weighted by molar-refractivity contribution is 6.19. The number of aromatic amines is 2. The molecular weight excluding hydrogens is 370 g/mol. The highest BCUT2D eigenvalue weighted by Crippen LogP contribution is 2.20. The molecule has 142 valence electrons. The van der Waals surface area contributed by atoms with Gasteiger partial charge in [-0.1, -0.05) is 0 Å². The predicted molar refractivity (Wildman–Crippen MR) is 124 cm³/mol. The lowest BCUT2D eigenvalue weighted by Crippen LogP contribution is -2.11. The fraction of sp³-hybridized carbons (Fsp3) is 0. The molecule has 5 heteroatoms. The van der Waals surface area contributed by atoms with Gasteiger partial charge >= 0.3 is 0 Å². The Morgan fingerprint density at radius 1 is 0.667 bits per heavy atom. The number of nitrogens with one attached hydrogen (secondary N) is 2. The van der Waals surface area contributed by atoms with Crippen LogP contribution in [0.2, 0.25) is 0 Å². The van der Waals surface area contributed by atoms with Crippen LogP contribution in [-0.4, -0.2) is 27.6 Å². The molecule has 5 nitrogen and oxygen atoms in total. The zero-order valence-electron chi connectivity index (χ0n) is 16.0. The first-order chi connectivity index (χ1) is 14.7.